The molecule has 0 saturated carbocycles. The SMILES string of the molecule is CCCC(CCC)C(Cc1ccc(Cl)c(F)c1)NN. The molecule has 0 bridgehead atoms. The third kappa shape index (κ3) is 5.09. The molecule has 0 saturated heterocycles. The van der Waals surface area contributed by atoms with E-state index in [-0.39, 0.29) is 16.9 Å². The molecule has 0 spiro atoms. The zero-order valence-corrected chi connectivity index (χ0v) is 12.5. The van der Waals surface area contributed by atoms with Crippen molar-refractivity contribution in [1.82, 2.24) is 5.43 Å². The van der Waals surface area contributed by atoms with Crippen molar-refractivity contribution in [1.29, 1.82) is 0 Å². The van der Waals surface area contributed by atoms with Crippen molar-refractivity contribution < 1.29 is 4.39 Å². The summed E-state index contributed by atoms with van der Waals surface area (Å²) < 4.78 is 13.4. The van der Waals surface area contributed by atoms with E-state index in [1.807, 2.05) is 6.07 Å². The van der Waals surface area contributed by atoms with Crippen molar-refractivity contribution in [3.8, 4) is 0 Å². The van der Waals surface area contributed by atoms with Crippen molar-refractivity contribution in [2.45, 2.75) is 52.0 Å². The number of nitrogens with two attached hydrogens (primary N) is 1. The van der Waals surface area contributed by atoms with Gasteiger partial charge in [-0.05, 0) is 42.9 Å². The number of hydrogen-bond acceptors (Lipinski definition) is 2. The highest BCUT2D eigenvalue weighted by Crippen LogP contribution is 2.22. The average Bonchev–Trinajstić information content (AvgIpc) is 2.40. The number of hydrazine groups is 1. The molecule has 0 amide bonds. The minimum absolute atomic E-state index is 0.166. The molecule has 1 atom stereocenters. The van der Waals surface area contributed by atoms with Gasteiger partial charge < -0.3 is 0 Å². The standard InChI is InChI=1S/C15H24ClFN2/c1-3-5-12(6-4-2)15(19-18)10-11-7-8-13(16)14(17)9-11/h7-9,12,15,19H,3-6,10,18H2,1-2H3. The van der Waals surface area contributed by atoms with Gasteiger partial charge in [0, 0.05) is 6.04 Å². The molecule has 0 aliphatic carbocycles. The Hall–Kier alpha value is -0.640. The Kier molecular flexibility index (Phi) is 7.36. The molecule has 19 heavy (non-hydrogen) atoms. The van der Waals surface area contributed by atoms with Gasteiger partial charge in [0.05, 0.1) is 5.02 Å². The van der Waals surface area contributed by atoms with Crippen LogP contribution in [0.3, 0.4) is 0 Å². The van der Waals surface area contributed by atoms with Crippen molar-refractivity contribution in [3.63, 3.8) is 0 Å². The molecule has 0 aliphatic rings. The minimum Gasteiger partial charge on any atom is -0.271 e. The van der Waals surface area contributed by atoms with E-state index in [1.165, 1.54) is 6.07 Å². The maximum atomic E-state index is 13.4. The molecule has 0 aromatic heterocycles. The second-order valence-electron chi connectivity index (χ2n) is 5.06. The average molecular weight is 287 g/mol. The lowest BCUT2D eigenvalue weighted by Crippen LogP contribution is -2.42. The zero-order valence-electron chi connectivity index (χ0n) is 11.8. The molecule has 1 rings (SSSR count). The summed E-state index contributed by atoms with van der Waals surface area (Å²) in [5, 5.41) is 0.166. The van der Waals surface area contributed by atoms with Crippen LogP contribution in [0.5, 0.6) is 0 Å². The zero-order chi connectivity index (χ0) is 14.3. The highest BCUT2D eigenvalue weighted by molar-refractivity contribution is 6.30. The van der Waals surface area contributed by atoms with Gasteiger partial charge in [0.1, 0.15) is 5.82 Å². The minimum atomic E-state index is -0.363. The van der Waals surface area contributed by atoms with Gasteiger partial charge in [-0.3, -0.25) is 11.3 Å². The van der Waals surface area contributed by atoms with Crippen LogP contribution < -0.4 is 11.3 Å². The highest BCUT2D eigenvalue weighted by atomic mass is 35.5. The Bertz CT molecular complexity index is 378. The number of benzene rings is 1. The number of rotatable bonds is 8. The molecule has 0 radical (unpaired) electrons. The van der Waals surface area contributed by atoms with Crippen LogP contribution in [0.25, 0.3) is 0 Å². The molecule has 108 valence electrons. The number of hydrogen-bond donors (Lipinski definition) is 2. The fourth-order valence-electron chi connectivity index (χ4n) is 2.57. The fraction of sp³-hybridized carbons (Fsp3) is 0.600. The maximum Gasteiger partial charge on any atom is 0.142 e. The second kappa shape index (κ2) is 8.51. The van der Waals surface area contributed by atoms with Crippen molar-refractivity contribution in [2.24, 2.45) is 11.8 Å². The number of nitrogens with one attached hydrogen (secondary N) is 1. The number of halogens is 2. The molecular weight excluding hydrogens is 263 g/mol. The summed E-state index contributed by atoms with van der Waals surface area (Å²) in [4.78, 5) is 0. The largest absolute Gasteiger partial charge is 0.271 e. The summed E-state index contributed by atoms with van der Waals surface area (Å²) in [6, 6.07) is 5.15. The molecule has 2 nitrogen and oxygen atoms in total. The summed E-state index contributed by atoms with van der Waals surface area (Å²) in [6.45, 7) is 4.36. The lowest BCUT2D eigenvalue weighted by Gasteiger charge is -2.26. The van der Waals surface area contributed by atoms with E-state index >= 15 is 0 Å². The van der Waals surface area contributed by atoms with Gasteiger partial charge in [-0.15, -0.1) is 0 Å². The lowest BCUT2D eigenvalue weighted by molar-refractivity contribution is 0.311. The molecule has 1 aromatic carbocycles. The van der Waals surface area contributed by atoms with E-state index < -0.39 is 0 Å². The molecular formula is C15H24ClFN2. The van der Waals surface area contributed by atoms with Gasteiger partial charge in [-0.1, -0.05) is 44.4 Å². The van der Waals surface area contributed by atoms with Crippen LogP contribution in [-0.2, 0) is 6.42 Å². The van der Waals surface area contributed by atoms with Crippen molar-refractivity contribution in [3.05, 3.63) is 34.6 Å². The van der Waals surface area contributed by atoms with E-state index in [9.17, 15) is 4.39 Å². The van der Waals surface area contributed by atoms with E-state index in [0.717, 1.165) is 37.7 Å². The summed E-state index contributed by atoms with van der Waals surface area (Å²) >= 11 is 5.70. The highest BCUT2D eigenvalue weighted by Gasteiger charge is 2.19. The first-order valence-electron chi connectivity index (χ1n) is 7.02. The van der Waals surface area contributed by atoms with Gasteiger partial charge >= 0.3 is 0 Å². The van der Waals surface area contributed by atoms with Crippen molar-refractivity contribution in [2.75, 3.05) is 0 Å². The summed E-state index contributed by atoms with van der Waals surface area (Å²) in [7, 11) is 0. The third-order valence-corrected chi connectivity index (χ3v) is 3.85. The Morgan fingerprint density at radius 3 is 2.37 bits per heavy atom. The second-order valence-corrected chi connectivity index (χ2v) is 5.47. The smallest absolute Gasteiger partial charge is 0.142 e. The van der Waals surface area contributed by atoms with E-state index in [4.69, 9.17) is 17.4 Å². The molecule has 4 heteroatoms. The maximum absolute atomic E-state index is 13.4. The van der Waals surface area contributed by atoms with Crippen LogP contribution >= 0.6 is 11.6 Å². The van der Waals surface area contributed by atoms with Gasteiger partial charge in [0.2, 0.25) is 0 Å². The molecule has 0 heterocycles. The first-order valence-corrected chi connectivity index (χ1v) is 7.40. The van der Waals surface area contributed by atoms with Crippen LogP contribution in [-0.4, -0.2) is 6.04 Å². The molecule has 0 fully saturated rings. The predicted molar refractivity (Wildman–Crippen MR) is 79.5 cm³/mol. The first kappa shape index (κ1) is 16.4. The van der Waals surface area contributed by atoms with Crippen LogP contribution in [0.4, 0.5) is 4.39 Å². The van der Waals surface area contributed by atoms with E-state index in [1.54, 1.807) is 6.07 Å². The quantitative estimate of drug-likeness (QED) is 0.558. The van der Waals surface area contributed by atoms with Crippen LogP contribution in [0.1, 0.15) is 45.1 Å². The summed E-state index contributed by atoms with van der Waals surface area (Å²) in [5.74, 6) is 5.84. The van der Waals surface area contributed by atoms with Crippen LogP contribution in [0.15, 0.2) is 18.2 Å². The molecule has 1 aromatic rings. The van der Waals surface area contributed by atoms with Gasteiger partial charge in [-0.25, -0.2) is 4.39 Å². The Morgan fingerprint density at radius 2 is 1.89 bits per heavy atom. The topological polar surface area (TPSA) is 38.0 Å². The summed E-state index contributed by atoms with van der Waals surface area (Å²) in [6.07, 6.45) is 5.28. The summed E-state index contributed by atoms with van der Waals surface area (Å²) in [5.41, 5.74) is 3.83. The monoisotopic (exact) mass is 286 g/mol. The van der Waals surface area contributed by atoms with Crippen LogP contribution in [0, 0.1) is 11.7 Å². The molecule has 0 aliphatic heterocycles. The predicted octanol–water partition coefficient (Wildman–Crippen LogP) is 4.07. The van der Waals surface area contributed by atoms with Gasteiger partial charge in [-0.2, -0.15) is 0 Å². The van der Waals surface area contributed by atoms with Crippen LogP contribution in [0.2, 0.25) is 5.02 Å². The third-order valence-electron chi connectivity index (χ3n) is 3.54. The molecule has 3 N–H and O–H groups in total. The molecule has 1 unspecified atom stereocenters. The van der Waals surface area contributed by atoms with Crippen molar-refractivity contribution >= 4 is 11.6 Å². The first-order chi connectivity index (χ1) is 9.12. The van der Waals surface area contributed by atoms with Gasteiger partial charge in [0.25, 0.3) is 0 Å². The fourth-order valence-corrected chi connectivity index (χ4v) is 2.69. The Labute approximate surface area is 120 Å². The normalized spacial score (nSPS) is 12.9. The lowest BCUT2D eigenvalue weighted by atomic mass is 9.87. The Morgan fingerprint density at radius 1 is 1.26 bits per heavy atom. The van der Waals surface area contributed by atoms with Gasteiger partial charge in [0.15, 0.2) is 0 Å². The Balaban J connectivity index is 2.75. The van der Waals surface area contributed by atoms with E-state index in [2.05, 4.69) is 19.3 Å². The van der Waals surface area contributed by atoms with E-state index in [0.29, 0.717) is 5.92 Å².